The number of hydrogen-bond acceptors (Lipinski definition) is 7. The Morgan fingerprint density at radius 2 is 1.89 bits per heavy atom. The Morgan fingerprint density at radius 1 is 1.09 bits per heavy atom. The molecule has 0 N–H and O–H groups in total. The lowest BCUT2D eigenvalue weighted by Crippen LogP contribution is -2.40. The molecule has 0 radical (unpaired) electrons. The molecule has 0 amide bonds. The predicted octanol–water partition coefficient (Wildman–Crippen LogP) is 7.24. The molecular weight excluding hydrogens is 687 g/mol. The Kier molecular flexibility index (Phi) is 10.3. The van der Waals surface area contributed by atoms with Crippen LogP contribution in [0, 0.1) is 0 Å². The zero-order chi connectivity index (χ0) is 31.4. The molecule has 228 valence electrons. The van der Waals surface area contributed by atoms with Crippen LogP contribution in [-0.2, 0) is 16.1 Å². The lowest BCUT2D eigenvalue weighted by molar-refractivity contribution is -0.139. The largest absolute Gasteiger partial charge is 0.496 e. The first-order valence-corrected chi connectivity index (χ1v) is 16.3. The molecule has 0 saturated carbocycles. The molecule has 1 aliphatic rings. The fourth-order valence-electron chi connectivity index (χ4n) is 5.00. The number of aromatic nitrogens is 1. The standard InChI is InChI=1S/C33H29BrCl2N2O5S/c1-4-8-25-29(32(40)42-5-2)30(23-16-21(34)12-14-27(23)41-3)38-31(39)28(44-33(38)37-25)15-19-9-6-7-10-26(19)43-18-20-11-13-22(35)17-24(20)36/h6-7,9-17,30H,4-5,8,18H2,1-3H3/b28-15+/t30-/m1/s1. The molecule has 0 spiro atoms. The van der Waals surface area contributed by atoms with E-state index in [9.17, 15) is 9.59 Å². The highest BCUT2D eigenvalue weighted by atomic mass is 79.9. The van der Waals surface area contributed by atoms with E-state index in [0.717, 1.165) is 16.5 Å². The van der Waals surface area contributed by atoms with Crippen molar-refractivity contribution in [3.63, 3.8) is 0 Å². The second-order valence-electron chi connectivity index (χ2n) is 9.86. The number of thiazole rings is 1. The number of benzene rings is 3. The van der Waals surface area contributed by atoms with Crippen LogP contribution in [-0.4, -0.2) is 24.3 Å². The van der Waals surface area contributed by atoms with E-state index < -0.39 is 12.0 Å². The quantitative estimate of drug-likeness (QED) is 0.162. The summed E-state index contributed by atoms with van der Waals surface area (Å²) in [5, 5.41) is 1.05. The first kappa shape index (κ1) is 32.0. The van der Waals surface area contributed by atoms with E-state index in [-0.39, 0.29) is 18.8 Å². The highest BCUT2D eigenvalue weighted by molar-refractivity contribution is 9.10. The van der Waals surface area contributed by atoms with Crippen molar-refractivity contribution in [1.29, 1.82) is 0 Å². The zero-order valence-corrected chi connectivity index (χ0v) is 28.1. The van der Waals surface area contributed by atoms with Gasteiger partial charge in [0.2, 0.25) is 0 Å². The third-order valence-electron chi connectivity index (χ3n) is 6.98. The van der Waals surface area contributed by atoms with Crippen molar-refractivity contribution < 1.29 is 19.0 Å². The van der Waals surface area contributed by atoms with Crippen molar-refractivity contribution in [2.45, 2.75) is 39.3 Å². The van der Waals surface area contributed by atoms with Crippen LogP contribution in [0.15, 0.2) is 86.2 Å². The molecular formula is C33H29BrCl2N2O5S. The van der Waals surface area contributed by atoms with Crippen LogP contribution in [0.2, 0.25) is 10.0 Å². The Bertz CT molecular complexity index is 1930. The number of ether oxygens (including phenoxy) is 3. The molecule has 5 rings (SSSR count). The number of esters is 1. The monoisotopic (exact) mass is 714 g/mol. The summed E-state index contributed by atoms with van der Waals surface area (Å²) < 4.78 is 20.1. The van der Waals surface area contributed by atoms with Crippen molar-refractivity contribution in [3.8, 4) is 11.5 Å². The number of carbonyl (C=O) groups is 1. The maximum Gasteiger partial charge on any atom is 0.338 e. The van der Waals surface area contributed by atoms with Gasteiger partial charge in [-0.25, -0.2) is 9.79 Å². The predicted molar refractivity (Wildman–Crippen MR) is 178 cm³/mol. The first-order valence-electron chi connectivity index (χ1n) is 14.0. The molecule has 1 aliphatic heterocycles. The fourth-order valence-corrected chi connectivity index (χ4v) is 6.85. The summed E-state index contributed by atoms with van der Waals surface area (Å²) in [4.78, 5) is 33.1. The van der Waals surface area contributed by atoms with E-state index in [1.165, 1.54) is 11.3 Å². The summed E-state index contributed by atoms with van der Waals surface area (Å²) >= 11 is 17.2. The number of rotatable bonds is 10. The molecule has 2 heterocycles. The van der Waals surface area contributed by atoms with Crippen molar-refractivity contribution in [1.82, 2.24) is 4.57 Å². The van der Waals surface area contributed by atoms with Gasteiger partial charge in [0.1, 0.15) is 24.1 Å². The molecule has 0 unspecified atom stereocenters. The van der Waals surface area contributed by atoms with Gasteiger partial charge in [0, 0.05) is 31.2 Å². The lowest BCUT2D eigenvalue weighted by atomic mass is 9.93. The molecule has 0 bridgehead atoms. The van der Waals surface area contributed by atoms with Crippen molar-refractivity contribution in [2.75, 3.05) is 13.7 Å². The molecule has 3 aromatic carbocycles. The Balaban J connectivity index is 1.67. The van der Waals surface area contributed by atoms with Gasteiger partial charge in [-0.2, -0.15) is 0 Å². The second kappa shape index (κ2) is 14.2. The molecule has 0 aliphatic carbocycles. The summed E-state index contributed by atoms with van der Waals surface area (Å²) in [6.45, 7) is 4.17. The third kappa shape index (κ3) is 6.66. The number of nitrogens with zero attached hydrogens (tertiary/aromatic N) is 2. The number of para-hydroxylation sites is 1. The summed E-state index contributed by atoms with van der Waals surface area (Å²) in [5.74, 6) is 0.598. The highest BCUT2D eigenvalue weighted by Gasteiger charge is 2.36. The number of carbonyl (C=O) groups excluding carboxylic acids is 1. The number of fused-ring (bicyclic) bond motifs is 1. The number of hydrogen-bond donors (Lipinski definition) is 0. The maximum atomic E-state index is 14.2. The van der Waals surface area contributed by atoms with Crippen molar-refractivity contribution in [2.24, 2.45) is 4.99 Å². The summed E-state index contributed by atoms with van der Waals surface area (Å²) in [5.41, 5.74) is 2.75. The zero-order valence-electron chi connectivity index (χ0n) is 24.2. The molecule has 11 heteroatoms. The van der Waals surface area contributed by atoms with Crippen LogP contribution < -0.4 is 24.4 Å². The lowest BCUT2D eigenvalue weighted by Gasteiger charge is -2.27. The van der Waals surface area contributed by atoms with Crippen molar-refractivity contribution in [3.05, 3.63) is 123 Å². The van der Waals surface area contributed by atoms with E-state index in [0.29, 0.717) is 59.7 Å². The van der Waals surface area contributed by atoms with E-state index >= 15 is 0 Å². The van der Waals surface area contributed by atoms with E-state index in [1.807, 2.05) is 49.4 Å². The average molecular weight is 716 g/mol. The van der Waals surface area contributed by atoms with Gasteiger partial charge >= 0.3 is 5.97 Å². The van der Waals surface area contributed by atoms with Crippen LogP contribution >= 0.6 is 50.5 Å². The highest BCUT2D eigenvalue weighted by Crippen LogP contribution is 2.38. The van der Waals surface area contributed by atoms with Crippen LogP contribution in [0.4, 0.5) is 0 Å². The molecule has 7 nitrogen and oxygen atoms in total. The summed E-state index contributed by atoms with van der Waals surface area (Å²) in [6.07, 6.45) is 3.07. The van der Waals surface area contributed by atoms with E-state index in [2.05, 4.69) is 15.9 Å². The fraction of sp³-hybridized carbons (Fsp3) is 0.242. The molecule has 0 saturated heterocycles. The second-order valence-corrected chi connectivity index (χ2v) is 12.6. The minimum atomic E-state index is -0.806. The summed E-state index contributed by atoms with van der Waals surface area (Å²) in [7, 11) is 1.56. The van der Waals surface area contributed by atoms with Crippen molar-refractivity contribution >= 4 is 62.5 Å². The maximum absolute atomic E-state index is 14.2. The number of halogens is 3. The van der Waals surface area contributed by atoms with E-state index in [4.69, 9.17) is 42.4 Å². The smallest absolute Gasteiger partial charge is 0.338 e. The van der Waals surface area contributed by atoms with Crippen LogP contribution in [0.5, 0.6) is 11.5 Å². The molecule has 1 atom stereocenters. The van der Waals surface area contributed by atoms with E-state index in [1.54, 1.807) is 42.9 Å². The molecule has 0 fully saturated rings. The normalized spacial score (nSPS) is 14.7. The van der Waals surface area contributed by atoms with Gasteiger partial charge < -0.3 is 14.2 Å². The van der Waals surface area contributed by atoms with Gasteiger partial charge in [-0.3, -0.25) is 9.36 Å². The Hall–Kier alpha value is -3.37. The minimum absolute atomic E-state index is 0.187. The first-order chi connectivity index (χ1) is 21.2. The summed E-state index contributed by atoms with van der Waals surface area (Å²) in [6, 6.07) is 17.4. The van der Waals surface area contributed by atoms with Gasteiger partial charge in [-0.1, -0.05) is 88.1 Å². The van der Waals surface area contributed by atoms with Gasteiger partial charge in [0.15, 0.2) is 4.80 Å². The molecule has 1 aromatic heterocycles. The van der Waals surface area contributed by atoms with Gasteiger partial charge in [-0.15, -0.1) is 0 Å². The average Bonchev–Trinajstić information content (AvgIpc) is 3.31. The van der Waals surface area contributed by atoms with Crippen LogP contribution in [0.3, 0.4) is 0 Å². The van der Waals surface area contributed by atoms with Gasteiger partial charge in [-0.05, 0) is 55.8 Å². The molecule has 44 heavy (non-hydrogen) atoms. The van der Waals surface area contributed by atoms with Crippen LogP contribution in [0.25, 0.3) is 6.08 Å². The van der Waals surface area contributed by atoms with Gasteiger partial charge in [0.05, 0.1) is 29.5 Å². The topological polar surface area (TPSA) is 79.1 Å². The Labute approximate surface area is 277 Å². The Morgan fingerprint density at radius 3 is 2.61 bits per heavy atom. The third-order valence-corrected chi connectivity index (χ3v) is 9.05. The molecule has 4 aromatic rings. The van der Waals surface area contributed by atoms with Gasteiger partial charge in [0.25, 0.3) is 5.56 Å². The number of methoxy groups -OCH3 is 1. The minimum Gasteiger partial charge on any atom is -0.496 e. The van der Waals surface area contributed by atoms with Crippen LogP contribution in [0.1, 0.15) is 49.4 Å². The number of allylic oxidation sites excluding steroid dienone is 1. The SMILES string of the molecule is CCCC1=C(C(=O)OCC)[C@@H](c2cc(Br)ccc2OC)n2c(s/c(=C/c3ccccc3OCc3ccc(Cl)cc3Cl)c2=O)=N1.